The van der Waals surface area contributed by atoms with Crippen molar-refractivity contribution in [2.45, 2.75) is 9.79 Å². The Morgan fingerprint density at radius 1 is 0.800 bits per heavy atom. The largest absolute Gasteiger partial charge is 0.383 e. The highest BCUT2D eigenvalue weighted by Gasteiger charge is 2.16. The molecule has 10 heteroatoms. The van der Waals surface area contributed by atoms with Crippen LogP contribution in [0, 0.1) is 0 Å². The average molecular weight is 489 g/mol. The van der Waals surface area contributed by atoms with Crippen molar-refractivity contribution in [3.63, 3.8) is 0 Å². The van der Waals surface area contributed by atoms with E-state index in [1.165, 1.54) is 21.6 Å². The summed E-state index contributed by atoms with van der Waals surface area (Å²) in [6.45, 7) is 1.61. The topological polar surface area (TPSA) is 76.7 Å². The summed E-state index contributed by atoms with van der Waals surface area (Å²) in [6.07, 6.45) is 0. The average Bonchev–Trinajstić information content (AvgIpc) is 2.73. The molecular formula is C20H22Cl2N2O4S2. The molecule has 0 aliphatic rings. The summed E-state index contributed by atoms with van der Waals surface area (Å²) in [5.74, 6) is -0.488. The Balaban J connectivity index is 2.17. The highest BCUT2D eigenvalue weighted by molar-refractivity contribution is 8.76. The molecule has 0 bridgehead atoms. The Bertz CT molecular complexity index is 812. The van der Waals surface area contributed by atoms with Gasteiger partial charge in [0.2, 0.25) is 0 Å². The van der Waals surface area contributed by atoms with Gasteiger partial charge in [0.1, 0.15) is 0 Å². The lowest BCUT2D eigenvalue weighted by Gasteiger charge is -2.12. The first-order chi connectivity index (χ1) is 14.5. The maximum Gasteiger partial charge on any atom is 0.252 e. The van der Waals surface area contributed by atoms with Gasteiger partial charge in [-0.1, -0.05) is 44.8 Å². The molecule has 0 fully saturated rings. The molecule has 6 nitrogen and oxygen atoms in total. The summed E-state index contributed by atoms with van der Waals surface area (Å²) in [6, 6.07) is 10.2. The minimum atomic E-state index is -0.244. The fraction of sp³-hybridized carbons (Fsp3) is 0.300. The van der Waals surface area contributed by atoms with Gasteiger partial charge in [-0.25, -0.2) is 0 Å². The summed E-state index contributed by atoms with van der Waals surface area (Å²) < 4.78 is 9.92. The van der Waals surface area contributed by atoms with Crippen LogP contribution < -0.4 is 10.6 Å². The smallest absolute Gasteiger partial charge is 0.252 e. The van der Waals surface area contributed by atoms with E-state index in [9.17, 15) is 9.59 Å². The molecule has 0 saturated carbocycles. The van der Waals surface area contributed by atoms with Gasteiger partial charge >= 0.3 is 0 Å². The molecule has 0 saturated heterocycles. The van der Waals surface area contributed by atoms with E-state index in [0.29, 0.717) is 47.5 Å². The predicted molar refractivity (Wildman–Crippen MR) is 123 cm³/mol. The standard InChI is InChI=1S/C20H22Cl2N2O4S2/c1-27-9-7-23-19(25)15-11-13(21)3-5-17(15)29-30-18-6-4-14(22)12-16(18)20(26)24-8-10-28-2/h3-6,11-12H,7-10H2,1-2H3,(H,23,25)(H,24,26). The Labute approximate surface area is 193 Å². The summed E-state index contributed by atoms with van der Waals surface area (Å²) >= 11 is 12.2. The molecule has 0 aliphatic heterocycles. The molecule has 2 rings (SSSR count). The molecule has 0 aliphatic carbocycles. The van der Waals surface area contributed by atoms with E-state index in [2.05, 4.69) is 10.6 Å². The van der Waals surface area contributed by atoms with Gasteiger partial charge < -0.3 is 20.1 Å². The van der Waals surface area contributed by atoms with E-state index in [-0.39, 0.29) is 11.8 Å². The third-order valence-electron chi connectivity index (χ3n) is 3.78. The first-order valence-electron chi connectivity index (χ1n) is 8.94. The molecule has 0 unspecified atom stereocenters. The summed E-state index contributed by atoms with van der Waals surface area (Å²) in [4.78, 5) is 26.5. The van der Waals surface area contributed by atoms with Crippen molar-refractivity contribution in [2.24, 2.45) is 0 Å². The van der Waals surface area contributed by atoms with E-state index in [0.717, 1.165) is 9.79 Å². The zero-order chi connectivity index (χ0) is 21.9. The second-order valence-electron chi connectivity index (χ2n) is 5.95. The first kappa shape index (κ1) is 24.8. The summed E-state index contributed by atoms with van der Waals surface area (Å²) in [5, 5.41) is 6.51. The Kier molecular flexibility index (Phi) is 10.8. The van der Waals surface area contributed by atoms with Gasteiger partial charge in [0.15, 0.2) is 0 Å². The van der Waals surface area contributed by atoms with Crippen LogP contribution >= 0.6 is 44.8 Å². The normalized spacial score (nSPS) is 10.7. The van der Waals surface area contributed by atoms with E-state index in [1.807, 2.05) is 0 Å². The number of halogens is 2. The summed E-state index contributed by atoms with van der Waals surface area (Å²) in [5.41, 5.74) is 0.910. The van der Waals surface area contributed by atoms with Crippen molar-refractivity contribution < 1.29 is 19.1 Å². The SMILES string of the molecule is COCCNC(=O)c1cc(Cl)ccc1SSc1ccc(Cl)cc1C(=O)NCCOC. The minimum Gasteiger partial charge on any atom is -0.383 e. The number of ether oxygens (including phenoxy) is 2. The van der Waals surface area contributed by atoms with Crippen molar-refractivity contribution in [2.75, 3.05) is 40.5 Å². The number of nitrogens with one attached hydrogen (secondary N) is 2. The maximum atomic E-state index is 12.5. The number of carbonyl (C=O) groups is 2. The molecule has 0 radical (unpaired) electrons. The Hall–Kier alpha value is -1.42. The molecule has 162 valence electrons. The number of hydrogen-bond acceptors (Lipinski definition) is 6. The van der Waals surface area contributed by atoms with Crippen LogP contribution in [-0.4, -0.2) is 52.3 Å². The van der Waals surface area contributed by atoms with Gasteiger partial charge in [-0.05, 0) is 36.4 Å². The van der Waals surface area contributed by atoms with E-state index in [1.54, 1.807) is 50.6 Å². The zero-order valence-corrected chi connectivity index (χ0v) is 19.6. The summed E-state index contributed by atoms with van der Waals surface area (Å²) in [7, 11) is 5.86. The number of methoxy groups -OCH3 is 2. The van der Waals surface area contributed by atoms with Crippen molar-refractivity contribution in [1.29, 1.82) is 0 Å². The lowest BCUT2D eigenvalue weighted by molar-refractivity contribution is 0.0926. The van der Waals surface area contributed by atoms with Crippen LogP contribution in [0.4, 0.5) is 0 Å². The van der Waals surface area contributed by atoms with Gasteiger partial charge in [-0.15, -0.1) is 0 Å². The number of carbonyl (C=O) groups excluding carboxylic acids is 2. The third kappa shape index (κ3) is 7.68. The van der Waals surface area contributed by atoms with Gasteiger partial charge in [-0.3, -0.25) is 9.59 Å². The Morgan fingerprint density at radius 2 is 1.20 bits per heavy atom. The minimum absolute atomic E-state index is 0.244. The molecule has 0 atom stereocenters. The van der Waals surface area contributed by atoms with Crippen molar-refractivity contribution in [3.05, 3.63) is 57.6 Å². The van der Waals surface area contributed by atoms with Gasteiger partial charge in [0.05, 0.1) is 24.3 Å². The molecule has 2 N–H and O–H groups in total. The number of benzene rings is 2. The second-order valence-corrected chi connectivity index (χ2v) is 9.03. The quantitative estimate of drug-likeness (QED) is 0.357. The van der Waals surface area contributed by atoms with Crippen LogP contribution in [0.3, 0.4) is 0 Å². The fourth-order valence-corrected chi connectivity index (χ4v) is 4.98. The predicted octanol–water partition coefficient (Wildman–Crippen LogP) is 4.55. The molecular weight excluding hydrogens is 467 g/mol. The van der Waals surface area contributed by atoms with E-state index >= 15 is 0 Å². The molecule has 30 heavy (non-hydrogen) atoms. The third-order valence-corrected chi connectivity index (χ3v) is 6.73. The van der Waals surface area contributed by atoms with Crippen LogP contribution in [0.1, 0.15) is 20.7 Å². The fourth-order valence-electron chi connectivity index (χ4n) is 2.32. The zero-order valence-electron chi connectivity index (χ0n) is 16.5. The first-order valence-corrected chi connectivity index (χ1v) is 11.8. The number of hydrogen-bond donors (Lipinski definition) is 2. The van der Waals surface area contributed by atoms with Crippen molar-refractivity contribution in [1.82, 2.24) is 10.6 Å². The number of amides is 2. The number of rotatable bonds is 11. The molecule has 2 amide bonds. The van der Waals surface area contributed by atoms with Crippen molar-refractivity contribution in [3.8, 4) is 0 Å². The molecule has 0 spiro atoms. The van der Waals surface area contributed by atoms with E-state index < -0.39 is 0 Å². The molecule has 2 aromatic carbocycles. The highest BCUT2D eigenvalue weighted by Crippen LogP contribution is 2.41. The maximum absolute atomic E-state index is 12.5. The van der Waals surface area contributed by atoms with Gasteiger partial charge in [0.25, 0.3) is 11.8 Å². The Morgan fingerprint density at radius 3 is 1.57 bits per heavy atom. The highest BCUT2D eigenvalue weighted by atomic mass is 35.5. The lowest BCUT2D eigenvalue weighted by Crippen LogP contribution is -2.27. The van der Waals surface area contributed by atoms with Crippen LogP contribution in [0.2, 0.25) is 10.0 Å². The molecule has 0 heterocycles. The van der Waals surface area contributed by atoms with Crippen LogP contribution in [0.5, 0.6) is 0 Å². The lowest BCUT2D eigenvalue weighted by atomic mass is 10.2. The van der Waals surface area contributed by atoms with Gasteiger partial charge in [0, 0.05) is 47.1 Å². The van der Waals surface area contributed by atoms with Crippen molar-refractivity contribution >= 4 is 56.6 Å². The molecule has 2 aromatic rings. The van der Waals surface area contributed by atoms with Gasteiger partial charge in [-0.2, -0.15) is 0 Å². The monoisotopic (exact) mass is 488 g/mol. The van der Waals surface area contributed by atoms with Crippen LogP contribution in [-0.2, 0) is 9.47 Å². The van der Waals surface area contributed by atoms with Crippen LogP contribution in [0.25, 0.3) is 0 Å². The van der Waals surface area contributed by atoms with E-state index in [4.69, 9.17) is 32.7 Å². The van der Waals surface area contributed by atoms with Crippen LogP contribution in [0.15, 0.2) is 46.2 Å². The second kappa shape index (κ2) is 13.1. The molecule has 0 aromatic heterocycles.